The Morgan fingerprint density at radius 1 is 1.76 bits per heavy atom. The highest BCUT2D eigenvalue weighted by Gasteiger charge is 2.44. The number of nitrogens with two attached hydrogens (primary N) is 1. The summed E-state index contributed by atoms with van der Waals surface area (Å²) in [6.45, 7) is 2.58. The third kappa shape index (κ3) is 2.34. The van der Waals surface area contributed by atoms with Crippen molar-refractivity contribution in [3.8, 4) is 0 Å². The molecule has 92 valence electrons. The summed E-state index contributed by atoms with van der Waals surface area (Å²) in [5, 5.41) is 2.84. The van der Waals surface area contributed by atoms with Crippen molar-refractivity contribution in [2.75, 3.05) is 18.5 Å². The number of aromatic nitrogens is 1. The Kier molecular flexibility index (Phi) is 3.46. The predicted molar refractivity (Wildman–Crippen MR) is 67.5 cm³/mol. The summed E-state index contributed by atoms with van der Waals surface area (Å²) in [7, 11) is 0. The zero-order chi connectivity index (χ0) is 12.5. The SMILES string of the molecule is CC1(C(=O)Nc2ccncc2Br)COCC1N. The van der Waals surface area contributed by atoms with Crippen LogP contribution in [0.2, 0.25) is 0 Å². The second-order valence-electron chi connectivity index (χ2n) is 4.35. The standard InChI is InChI=1S/C11H14BrN3O2/c1-11(6-17-5-9(11)13)10(16)15-8-2-3-14-4-7(8)12/h2-4,9H,5-6,13H2,1H3,(H,14,15,16). The maximum atomic E-state index is 12.2. The summed E-state index contributed by atoms with van der Waals surface area (Å²) < 4.78 is 5.99. The van der Waals surface area contributed by atoms with Crippen LogP contribution < -0.4 is 11.1 Å². The first kappa shape index (κ1) is 12.5. The molecule has 3 N–H and O–H groups in total. The van der Waals surface area contributed by atoms with Crippen LogP contribution >= 0.6 is 15.9 Å². The molecule has 17 heavy (non-hydrogen) atoms. The number of amides is 1. The third-order valence-electron chi connectivity index (χ3n) is 3.06. The van der Waals surface area contributed by atoms with Gasteiger partial charge in [-0.1, -0.05) is 0 Å². The Labute approximate surface area is 108 Å². The lowest BCUT2D eigenvalue weighted by Crippen LogP contribution is -2.47. The van der Waals surface area contributed by atoms with Gasteiger partial charge in [0, 0.05) is 18.4 Å². The topological polar surface area (TPSA) is 77.2 Å². The maximum Gasteiger partial charge on any atom is 0.234 e. The van der Waals surface area contributed by atoms with Gasteiger partial charge < -0.3 is 15.8 Å². The lowest BCUT2D eigenvalue weighted by molar-refractivity contribution is -0.125. The van der Waals surface area contributed by atoms with Crippen LogP contribution in [0.15, 0.2) is 22.9 Å². The van der Waals surface area contributed by atoms with E-state index in [0.29, 0.717) is 18.9 Å². The van der Waals surface area contributed by atoms with Crippen LogP contribution in [0, 0.1) is 5.41 Å². The van der Waals surface area contributed by atoms with Crippen molar-refractivity contribution in [2.45, 2.75) is 13.0 Å². The molecular weight excluding hydrogens is 286 g/mol. The average Bonchev–Trinajstić information content (AvgIpc) is 2.64. The van der Waals surface area contributed by atoms with E-state index in [1.807, 2.05) is 6.92 Å². The van der Waals surface area contributed by atoms with E-state index in [2.05, 4.69) is 26.2 Å². The number of rotatable bonds is 2. The van der Waals surface area contributed by atoms with Crippen molar-refractivity contribution in [1.29, 1.82) is 0 Å². The first-order chi connectivity index (χ1) is 8.04. The molecule has 0 aliphatic carbocycles. The van der Waals surface area contributed by atoms with Gasteiger partial charge in [-0.25, -0.2) is 0 Å². The highest BCUT2D eigenvalue weighted by atomic mass is 79.9. The number of hydrogen-bond acceptors (Lipinski definition) is 4. The number of anilines is 1. The van der Waals surface area contributed by atoms with Crippen molar-refractivity contribution < 1.29 is 9.53 Å². The van der Waals surface area contributed by atoms with Gasteiger partial charge in [0.15, 0.2) is 0 Å². The summed E-state index contributed by atoms with van der Waals surface area (Å²) in [5.74, 6) is -0.130. The van der Waals surface area contributed by atoms with Gasteiger partial charge in [-0.05, 0) is 28.9 Å². The van der Waals surface area contributed by atoms with Crippen molar-refractivity contribution >= 4 is 27.5 Å². The molecule has 2 heterocycles. The van der Waals surface area contributed by atoms with E-state index in [9.17, 15) is 4.79 Å². The molecule has 0 aromatic carbocycles. The van der Waals surface area contributed by atoms with Crippen LogP contribution in [0.3, 0.4) is 0 Å². The molecule has 2 rings (SSSR count). The number of nitrogens with zero attached hydrogens (tertiary/aromatic N) is 1. The fourth-order valence-corrected chi connectivity index (χ4v) is 2.01. The van der Waals surface area contributed by atoms with E-state index < -0.39 is 5.41 Å². The number of halogens is 1. The molecule has 1 aliphatic rings. The second kappa shape index (κ2) is 4.72. The Balaban J connectivity index is 2.15. The molecule has 1 aromatic heterocycles. The van der Waals surface area contributed by atoms with Gasteiger partial charge in [0.05, 0.1) is 28.8 Å². The Morgan fingerprint density at radius 3 is 3.12 bits per heavy atom. The summed E-state index contributed by atoms with van der Waals surface area (Å²) in [6, 6.07) is 1.45. The van der Waals surface area contributed by atoms with Crippen LogP contribution in [0.1, 0.15) is 6.92 Å². The number of carbonyl (C=O) groups excluding carboxylic acids is 1. The molecule has 1 aromatic rings. The Hall–Kier alpha value is -0.980. The molecule has 1 saturated heterocycles. The van der Waals surface area contributed by atoms with Gasteiger partial charge in [-0.15, -0.1) is 0 Å². The molecule has 1 aliphatic heterocycles. The monoisotopic (exact) mass is 299 g/mol. The largest absolute Gasteiger partial charge is 0.379 e. The van der Waals surface area contributed by atoms with Crippen molar-refractivity contribution in [3.63, 3.8) is 0 Å². The molecule has 0 radical (unpaired) electrons. The zero-order valence-electron chi connectivity index (χ0n) is 9.44. The summed E-state index contributed by atoms with van der Waals surface area (Å²) in [6.07, 6.45) is 3.25. The lowest BCUT2D eigenvalue weighted by atomic mass is 9.85. The fraction of sp³-hybridized carbons (Fsp3) is 0.455. The van der Waals surface area contributed by atoms with E-state index in [1.54, 1.807) is 18.5 Å². The molecular formula is C11H14BrN3O2. The average molecular weight is 300 g/mol. The van der Waals surface area contributed by atoms with Crippen LogP contribution in [0.5, 0.6) is 0 Å². The quantitative estimate of drug-likeness (QED) is 0.859. The minimum Gasteiger partial charge on any atom is -0.379 e. The van der Waals surface area contributed by atoms with Crippen LogP contribution in [0.4, 0.5) is 5.69 Å². The smallest absolute Gasteiger partial charge is 0.234 e. The van der Waals surface area contributed by atoms with Crippen molar-refractivity contribution in [1.82, 2.24) is 4.98 Å². The number of pyridine rings is 1. The van der Waals surface area contributed by atoms with Gasteiger partial charge in [0.25, 0.3) is 0 Å². The lowest BCUT2D eigenvalue weighted by Gasteiger charge is -2.25. The first-order valence-electron chi connectivity index (χ1n) is 5.28. The Bertz CT molecular complexity index is 440. The molecule has 0 bridgehead atoms. The van der Waals surface area contributed by atoms with Crippen molar-refractivity contribution in [2.24, 2.45) is 11.1 Å². The van der Waals surface area contributed by atoms with Gasteiger partial charge in [0.2, 0.25) is 5.91 Å². The molecule has 2 atom stereocenters. The maximum absolute atomic E-state index is 12.2. The highest BCUT2D eigenvalue weighted by molar-refractivity contribution is 9.10. The molecule has 2 unspecified atom stereocenters. The number of ether oxygens (including phenoxy) is 1. The number of hydrogen-bond donors (Lipinski definition) is 2. The van der Waals surface area contributed by atoms with Crippen molar-refractivity contribution in [3.05, 3.63) is 22.9 Å². The molecule has 0 saturated carbocycles. The van der Waals surface area contributed by atoms with Crippen LogP contribution in [-0.4, -0.2) is 30.1 Å². The van der Waals surface area contributed by atoms with Crippen LogP contribution in [-0.2, 0) is 9.53 Å². The third-order valence-corrected chi connectivity index (χ3v) is 3.69. The fourth-order valence-electron chi connectivity index (χ4n) is 1.66. The van der Waals surface area contributed by atoms with Crippen LogP contribution in [0.25, 0.3) is 0 Å². The van der Waals surface area contributed by atoms with Gasteiger partial charge in [0.1, 0.15) is 0 Å². The Morgan fingerprint density at radius 2 is 2.53 bits per heavy atom. The van der Waals surface area contributed by atoms with E-state index >= 15 is 0 Å². The molecule has 5 nitrogen and oxygen atoms in total. The summed E-state index contributed by atoms with van der Waals surface area (Å²) in [4.78, 5) is 16.1. The van der Waals surface area contributed by atoms with Gasteiger partial charge in [-0.3, -0.25) is 9.78 Å². The first-order valence-corrected chi connectivity index (χ1v) is 6.07. The van der Waals surface area contributed by atoms with Gasteiger partial charge in [-0.2, -0.15) is 0 Å². The zero-order valence-corrected chi connectivity index (χ0v) is 11.0. The molecule has 1 fully saturated rings. The van der Waals surface area contributed by atoms with Gasteiger partial charge >= 0.3 is 0 Å². The minimum absolute atomic E-state index is 0.130. The number of carbonyl (C=O) groups is 1. The molecule has 0 spiro atoms. The summed E-state index contributed by atoms with van der Waals surface area (Å²) in [5.41, 5.74) is 5.90. The van der Waals surface area contributed by atoms with E-state index in [4.69, 9.17) is 10.5 Å². The second-order valence-corrected chi connectivity index (χ2v) is 5.20. The van der Waals surface area contributed by atoms with E-state index in [-0.39, 0.29) is 11.9 Å². The molecule has 1 amide bonds. The predicted octanol–water partition coefficient (Wildman–Crippen LogP) is 1.15. The van der Waals surface area contributed by atoms with E-state index in [0.717, 1.165) is 4.47 Å². The highest BCUT2D eigenvalue weighted by Crippen LogP contribution is 2.30. The number of nitrogens with one attached hydrogen (secondary N) is 1. The summed E-state index contributed by atoms with van der Waals surface area (Å²) >= 11 is 3.33. The van der Waals surface area contributed by atoms with E-state index in [1.165, 1.54) is 0 Å². The minimum atomic E-state index is -0.678. The normalized spacial score (nSPS) is 28.1. The molecule has 6 heteroatoms.